The van der Waals surface area contributed by atoms with Crippen molar-refractivity contribution in [1.82, 2.24) is 10.2 Å². The third-order valence-electron chi connectivity index (χ3n) is 2.23. The van der Waals surface area contributed by atoms with Gasteiger partial charge in [-0.3, -0.25) is 9.69 Å². The van der Waals surface area contributed by atoms with Crippen LogP contribution in [0.1, 0.15) is 16.1 Å². The number of Topliss-reactive ketones (excluding diaryl/α,β-unsaturated/α-hetero) is 1. The average molecular weight is 261 g/mol. The van der Waals surface area contributed by atoms with Gasteiger partial charge in [0.1, 0.15) is 0 Å². The first-order valence-corrected chi connectivity index (χ1v) is 6.44. The van der Waals surface area contributed by atoms with Gasteiger partial charge in [-0.1, -0.05) is 11.6 Å². The summed E-state index contributed by atoms with van der Waals surface area (Å²) in [5.41, 5.74) is 0. The van der Waals surface area contributed by atoms with Gasteiger partial charge in [-0.15, -0.1) is 11.3 Å². The van der Waals surface area contributed by atoms with Gasteiger partial charge >= 0.3 is 0 Å². The molecule has 0 aliphatic heterocycles. The Labute approximate surface area is 105 Å². The standard InChI is InChI=1S/C11H17ClN2OS/c1-13-6-3-7-14(2)8-9(15)10-4-5-11(12)16-10/h4-5,13H,3,6-8H2,1-2H3. The number of hydrogen-bond donors (Lipinski definition) is 1. The molecule has 1 heterocycles. The number of nitrogens with one attached hydrogen (secondary N) is 1. The zero-order valence-corrected chi connectivity index (χ0v) is 11.2. The van der Waals surface area contributed by atoms with E-state index in [4.69, 9.17) is 11.6 Å². The lowest BCUT2D eigenvalue weighted by Gasteiger charge is -2.14. The van der Waals surface area contributed by atoms with Crippen molar-refractivity contribution in [2.45, 2.75) is 6.42 Å². The first-order valence-electron chi connectivity index (χ1n) is 5.25. The molecule has 0 saturated carbocycles. The SMILES string of the molecule is CNCCCN(C)CC(=O)c1ccc(Cl)s1. The van der Waals surface area contributed by atoms with Gasteiger partial charge in [0.15, 0.2) is 5.78 Å². The number of thiophene rings is 1. The lowest BCUT2D eigenvalue weighted by atomic mass is 10.3. The van der Waals surface area contributed by atoms with Gasteiger partial charge in [-0.05, 0) is 45.7 Å². The van der Waals surface area contributed by atoms with Gasteiger partial charge in [0.25, 0.3) is 0 Å². The molecule has 0 aromatic carbocycles. The number of hydrogen-bond acceptors (Lipinski definition) is 4. The van der Waals surface area contributed by atoms with Crippen LogP contribution in [0.2, 0.25) is 4.34 Å². The maximum absolute atomic E-state index is 11.8. The van der Waals surface area contributed by atoms with Crippen LogP contribution in [0, 0.1) is 0 Å². The summed E-state index contributed by atoms with van der Waals surface area (Å²) in [4.78, 5) is 14.6. The molecule has 0 radical (unpaired) electrons. The summed E-state index contributed by atoms with van der Waals surface area (Å²) in [7, 11) is 3.89. The first-order chi connectivity index (χ1) is 7.63. The van der Waals surface area contributed by atoms with Gasteiger partial charge in [-0.25, -0.2) is 0 Å². The highest BCUT2D eigenvalue weighted by Gasteiger charge is 2.11. The third-order valence-corrected chi connectivity index (χ3v) is 3.50. The van der Waals surface area contributed by atoms with Crippen LogP contribution in [0.4, 0.5) is 0 Å². The molecule has 5 heteroatoms. The Morgan fingerprint density at radius 3 is 2.88 bits per heavy atom. The molecule has 0 atom stereocenters. The lowest BCUT2D eigenvalue weighted by molar-refractivity contribution is 0.0950. The molecule has 90 valence electrons. The molecule has 1 aromatic heterocycles. The van der Waals surface area contributed by atoms with Gasteiger partial charge in [0.2, 0.25) is 0 Å². The topological polar surface area (TPSA) is 32.3 Å². The van der Waals surface area contributed by atoms with E-state index in [0.29, 0.717) is 10.9 Å². The van der Waals surface area contributed by atoms with Crippen LogP contribution in [0.25, 0.3) is 0 Å². The maximum Gasteiger partial charge on any atom is 0.186 e. The fourth-order valence-corrected chi connectivity index (χ4v) is 2.37. The van der Waals surface area contributed by atoms with Crippen LogP contribution in [0.3, 0.4) is 0 Å². The van der Waals surface area contributed by atoms with E-state index < -0.39 is 0 Å². The van der Waals surface area contributed by atoms with E-state index in [1.807, 2.05) is 19.0 Å². The van der Waals surface area contributed by atoms with Crippen LogP contribution in [-0.2, 0) is 0 Å². The highest BCUT2D eigenvalue weighted by Crippen LogP contribution is 2.21. The minimum absolute atomic E-state index is 0.142. The van der Waals surface area contributed by atoms with Crippen molar-refractivity contribution in [3.63, 3.8) is 0 Å². The number of nitrogens with zero attached hydrogens (tertiary/aromatic N) is 1. The number of rotatable bonds is 7. The minimum Gasteiger partial charge on any atom is -0.320 e. The second-order valence-corrected chi connectivity index (χ2v) is 5.44. The van der Waals surface area contributed by atoms with Crippen molar-refractivity contribution in [3.8, 4) is 0 Å². The fraction of sp³-hybridized carbons (Fsp3) is 0.545. The molecule has 0 aliphatic carbocycles. The quantitative estimate of drug-likeness (QED) is 0.602. The summed E-state index contributed by atoms with van der Waals surface area (Å²) >= 11 is 7.13. The third kappa shape index (κ3) is 4.61. The number of carbonyl (C=O) groups is 1. The van der Waals surface area contributed by atoms with Crippen molar-refractivity contribution in [2.75, 3.05) is 33.7 Å². The fourth-order valence-electron chi connectivity index (χ4n) is 1.39. The van der Waals surface area contributed by atoms with E-state index in [1.165, 1.54) is 11.3 Å². The molecule has 0 bridgehead atoms. The van der Waals surface area contributed by atoms with E-state index >= 15 is 0 Å². The van der Waals surface area contributed by atoms with Gasteiger partial charge in [0, 0.05) is 0 Å². The molecule has 3 nitrogen and oxygen atoms in total. The van der Waals surface area contributed by atoms with Gasteiger partial charge < -0.3 is 5.32 Å². The predicted octanol–water partition coefficient (Wildman–Crippen LogP) is 2.13. The zero-order valence-electron chi connectivity index (χ0n) is 9.62. The van der Waals surface area contributed by atoms with Gasteiger partial charge in [0.05, 0.1) is 15.8 Å². The highest BCUT2D eigenvalue weighted by atomic mass is 35.5. The Balaban J connectivity index is 2.33. The smallest absolute Gasteiger partial charge is 0.186 e. The molecule has 0 aliphatic rings. The Morgan fingerprint density at radius 1 is 1.56 bits per heavy atom. The van der Waals surface area contributed by atoms with E-state index in [9.17, 15) is 4.79 Å². The Morgan fingerprint density at radius 2 is 2.31 bits per heavy atom. The van der Waals surface area contributed by atoms with Crippen molar-refractivity contribution < 1.29 is 4.79 Å². The molecule has 1 N–H and O–H groups in total. The molecular formula is C11H17ClN2OS. The molecule has 0 amide bonds. The van der Waals surface area contributed by atoms with Crippen molar-refractivity contribution in [3.05, 3.63) is 21.3 Å². The van der Waals surface area contributed by atoms with Crippen molar-refractivity contribution in [1.29, 1.82) is 0 Å². The minimum atomic E-state index is 0.142. The second kappa shape index (κ2) is 7.01. The Bertz CT molecular complexity index is 340. The number of likely N-dealkylation sites (N-methyl/N-ethyl adjacent to an activating group) is 1. The molecule has 1 rings (SSSR count). The normalized spacial score (nSPS) is 11.0. The highest BCUT2D eigenvalue weighted by molar-refractivity contribution is 7.18. The molecule has 0 fully saturated rings. The van der Waals surface area contributed by atoms with E-state index in [1.54, 1.807) is 12.1 Å². The monoisotopic (exact) mass is 260 g/mol. The van der Waals surface area contributed by atoms with Crippen LogP contribution < -0.4 is 5.32 Å². The second-order valence-electron chi connectivity index (χ2n) is 3.72. The first kappa shape index (κ1) is 13.6. The molecule has 0 unspecified atom stereocenters. The lowest BCUT2D eigenvalue weighted by Crippen LogP contribution is -2.28. The summed E-state index contributed by atoms with van der Waals surface area (Å²) < 4.78 is 0.668. The zero-order chi connectivity index (χ0) is 12.0. The van der Waals surface area contributed by atoms with E-state index in [-0.39, 0.29) is 5.78 Å². The molecular weight excluding hydrogens is 244 g/mol. The van der Waals surface area contributed by atoms with E-state index in [2.05, 4.69) is 5.32 Å². The Hall–Kier alpha value is -0.420. The van der Waals surface area contributed by atoms with E-state index in [0.717, 1.165) is 24.4 Å². The molecule has 1 aromatic rings. The maximum atomic E-state index is 11.8. The van der Waals surface area contributed by atoms with Crippen LogP contribution >= 0.6 is 22.9 Å². The number of ketones is 1. The van der Waals surface area contributed by atoms with Crippen molar-refractivity contribution >= 4 is 28.7 Å². The molecule has 0 saturated heterocycles. The summed E-state index contributed by atoms with van der Waals surface area (Å²) in [5.74, 6) is 0.142. The number of carbonyl (C=O) groups excluding carboxylic acids is 1. The Kier molecular flexibility index (Phi) is 5.98. The summed E-state index contributed by atoms with van der Waals surface area (Å²) in [6, 6.07) is 3.55. The van der Waals surface area contributed by atoms with Crippen molar-refractivity contribution in [2.24, 2.45) is 0 Å². The van der Waals surface area contributed by atoms with Gasteiger partial charge in [-0.2, -0.15) is 0 Å². The number of halogens is 1. The van der Waals surface area contributed by atoms with Crippen LogP contribution in [-0.4, -0.2) is 44.4 Å². The van der Waals surface area contributed by atoms with Crippen LogP contribution in [0.15, 0.2) is 12.1 Å². The molecule has 0 spiro atoms. The summed E-state index contributed by atoms with van der Waals surface area (Å²) in [6.45, 7) is 2.36. The van der Waals surface area contributed by atoms with Crippen LogP contribution in [0.5, 0.6) is 0 Å². The average Bonchev–Trinajstić information content (AvgIpc) is 2.65. The molecule has 16 heavy (non-hydrogen) atoms. The summed E-state index contributed by atoms with van der Waals surface area (Å²) in [6.07, 6.45) is 1.05. The summed E-state index contributed by atoms with van der Waals surface area (Å²) in [5, 5.41) is 3.08. The predicted molar refractivity (Wildman–Crippen MR) is 69.7 cm³/mol. The largest absolute Gasteiger partial charge is 0.320 e.